The van der Waals surface area contributed by atoms with E-state index in [0.717, 1.165) is 5.69 Å². The summed E-state index contributed by atoms with van der Waals surface area (Å²) < 4.78 is 0. The second-order valence-electron chi connectivity index (χ2n) is 15.8. The Labute approximate surface area is 394 Å². The van der Waals surface area contributed by atoms with Crippen LogP contribution >= 0.6 is 0 Å². The van der Waals surface area contributed by atoms with Crippen molar-refractivity contribution in [3.05, 3.63) is 295 Å². The molecule has 7 aromatic carbocycles. The molecule has 0 N–H and O–H groups in total. The standard InChI is InChI=1S/C19H16.2C13H12.3C6H7N/c1-15-12-18(16-8-4-2-5-9-16)14-19(13-15)17-10-6-3-7-11-17;1-11-6-5-9-13(10-11)12-7-3-2-4-8-12;1-11-7-9-13(10-8-11)12-5-3-2-4-6-12;1-6-2-4-7-5-3-6;1-6-3-2-4-7-5-6;1-6-4-2-3-5-7-6/h2-14H,1H3;2*2-10H,1H3;3*2-5H,1H3. The fourth-order valence-electron chi connectivity index (χ4n) is 6.53. The molecular formula is C63H61N3. The molecule has 10 rings (SSSR count). The van der Waals surface area contributed by atoms with Gasteiger partial charge in [-0.1, -0.05) is 205 Å². The molecule has 3 nitrogen and oxygen atoms in total. The fourth-order valence-corrected chi connectivity index (χ4v) is 6.53. The van der Waals surface area contributed by atoms with Crippen molar-refractivity contribution in [2.24, 2.45) is 0 Å². The highest BCUT2D eigenvalue weighted by molar-refractivity contribution is 5.74. The van der Waals surface area contributed by atoms with Crippen molar-refractivity contribution in [3.63, 3.8) is 0 Å². The second-order valence-corrected chi connectivity index (χ2v) is 15.8. The van der Waals surface area contributed by atoms with Crippen LogP contribution in [0, 0.1) is 41.5 Å². The highest BCUT2D eigenvalue weighted by atomic mass is 14.6. The highest BCUT2D eigenvalue weighted by Crippen LogP contribution is 2.28. The number of rotatable bonds is 4. The first kappa shape index (κ1) is 49.0. The van der Waals surface area contributed by atoms with Gasteiger partial charge in [0.25, 0.3) is 0 Å². The number of benzene rings is 7. The van der Waals surface area contributed by atoms with Crippen molar-refractivity contribution in [1.29, 1.82) is 0 Å². The van der Waals surface area contributed by atoms with E-state index in [-0.39, 0.29) is 0 Å². The summed E-state index contributed by atoms with van der Waals surface area (Å²) in [7, 11) is 0. The number of nitrogens with zero attached hydrogens (tertiary/aromatic N) is 3. The van der Waals surface area contributed by atoms with Crippen LogP contribution in [0.2, 0.25) is 0 Å². The summed E-state index contributed by atoms with van der Waals surface area (Å²) in [6.45, 7) is 12.4. The van der Waals surface area contributed by atoms with Gasteiger partial charge in [-0.15, -0.1) is 0 Å². The molecule has 0 radical (unpaired) electrons. The zero-order valence-electron chi connectivity index (χ0n) is 39.2. The predicted molar refractivity (Wildman–Crippen MR) is 282 cm³/mol. The zero-order valence-corrected chi connectivity index (χ0v) is 39.2. The highest BCUT2D eigenvalue weighted by Gasteiger charge is 2.03. The molecule has 3 heteroatoms. The molecule has 3 aromatic heterocycles. The molecule has 10 aromatic rings. The minimum atomic E-state index is 1.07. The first-order chi connectivity index (χ1) is 32.2. The van der Waals surface area contributed by atoms with E-state index < -0.39 is 0 Å². The summed E-state index contributed by atoms with van der Waals surface area (Å²) >= 11 is 0. The Morgan fingerprint density at radius 1 is 0.227 bits per heavy atom. The number of hydrogen-bond acceptors (Lipinski definition) is 3. The van der Waals surface area contributed by atoms with Crippen LogP contribution in [0.15, 0.2) is 262 Å². The van der Waals surface area contributed by atoms with Crippen molar-refractivity contribution < 1.29 is 0 Å². The Bertz CT molecular complexity index is 2650. The topological polar surface area (TPSA) is 38.7 Å². The molecule has 0 saturated heterocycles. The molecular weight excluding hydrogens is 799 g/mol. The lowest BCUT2D eigenvalue weighted by atomic mass is 9.97. The van der Waals surface area contributed by atoms with Crippen molar-refractivity contribution in [1.82, 2.24) is 15.0 Å². The monoisotopic (exact) mass is 859 g/mol. The Kier molecular flexibility index (Phi) is 20.7. The molecule has 0 unspecified atom stereocenters. The van der Waals surface area contributed by atoms with E-state index in [1.54, 1.807) is 24.8 Å². The minimum Gasteiger partial charge on any atom is -0.265 e. The van der Waals surface area contributed by atoms with Crippen LogP contribution in [0.4, 0.5) is 0 Å². The number of aryl methyl sites for hydroxylation is 6. The second kappa shape index (κ2) is 27.9. The van der Waals surface area contributed by atoms with Crippen LogP contribution in [0.25, 0.3) is 44.5 Å². The summed E-state index contributed by atoms with van der Waals surface area (Å²) in [6, 6.07) is 79.6. The molecule has 0 amide bonds. The molecule has 0 aliphatic heterocycles. The van der Waals surface area contributed by atoms with Crippen molar-refractivity contribution in [2.45, 2.75) is 41.5 Å². The average Bonchev–Trinajstić information content (AvgIpc) is 3.37. The third kappa shape index (κ3) is 18.4. The maximum Gasteiger partial charge on any atom is 0.0372 e. The Morgan fingerprint density at radius 2 is 0.652 bits per heavy atom. The van der Waals surface area contributed by atoms with E-state index in [1.165, 1.54) is 72.3 Å². The van der Waals surface area contributed by atoms with Gasteiger partial charge in [-0.2, -0.15) is 0 Å². The van der Waals surface area contributed by atoms with Crippen molar-refractivity contribution >= 4 is 0 Å². The number of aromatic nitrogens is 3. The normalized spacial score (nSPS) is 9.67. The third-order valence-electron chi connectivity index (χ3n) is 10.0. The maximum atomic E-state index is 3.98. The van der Waals surface area contributed by atoms with E-state index >= 15 is 0 Å². The fraction of sp³-hybridized carbons (Fsp3) is 0.0952. The molecule has 0 spiro atoms. The van der Waals surface area contributed by atoms with Crippen LogP contribution in [0.1, 0.15) is 33.5 Å². The lowest BCUT2D eigenvalue weighted by Crippen LogP contribution is -1.84. The smallest absolute Gasteiger partial charge is 0.0372 e. The first-order valence-corrected chi connectivity index (χ1v) is 22.3. The SMILES string of the molecule is Cc1cc(-c2ccccc2)cc(-c2ccccc2)c1.Cc1ccc(-c2ccccc2)cc1.Cc1cccc(-c2ccccc2)c1.Cc1ccccn1.Cc1cccnc1.Cc1ccncc1. The van der Waals surface area contributed by atoms with E-state index in [0.29, 0.717) is 0 Å². The van der Waals surface area contributed by atoms with Crippen LogP contribution in [-0.4, -0.2) is 15.0 Å². The molecule has 0 fully saturated rings. The van der Waals surface area contributed by atoms with Crippen molar-refractivity contribution in [3.8, 4) is 44.5 Å². The van der Waals surface area contributed by atoms with Gasteiger partial charge >= 0.3 is 0 Å². The van der Waals surface area contributed by atoms with Crippen molar-refractivity contribution in [2.75, 3.05) is 0 Å². The number of hydrogen-bond donors (Lipinski definition) is 0. The summed E-state index contributed by atoms with van der Waals surface area (Å²) in [6.07, 6.45) is 8.97. The quantitative estimate of drug-likeness (QED) is 0.177. The Hall–Kier alpha value is -8.01. The average molecular weight is 860 g/mol. The van der Waals surface area contributed by atoms with E-state index in [2.05, 4.69) is 212 Å². The van der Waals surface area contributed by atoms with Crippen LogP contribution in [0.5, 0.6) is 0 Å². The molecule has 3 heterocycles. The largest absolute Gasteiger partial charge is 0.265 e. The summed E-state index contributed by atoms with van der Waals surface area (Å²) in [5.41, 5.74) is 17.7. The summed E-state index contributed by atoms with van der Waals surface area (Å²) in [4.78, 5) is 11.7. The van der Waals surface area contributed by atoms with Gasteiger partial charge < -0.3 is 0 Å². The molecule has 0 aliphatic rings. The first-order valence-electron chi connectivity index (χ1n) is 22.3. The summed E-state index contributed by atoms with van der Waals surface area (Å²) in [5, 5.41) is 0. The lowest BCUT2D eigenvalue weighted by Gasteiger charge is -2.08. The minimum absolute atomic E-state index is 1.07. The van der Waals surface area contributed by atoms with Gasteiger partial charge in [0.1, 0.15) is 0 Å². The van der Waals surface area contributed by atoms with Gasteiger partial charge in [-0.3, -0.25) is 15.0 Å². The molecule has 0 bridgehead atoms. The molecule has 66 heavy (non-hydrogen) atoms. The Balaban J connectivity index is 0.000000155. The lowest BCUT2D eigenvalue weighted by molar-refractivity contribution is 1.20. The van der Waals surface area contributed by atoms with Gasteiger partial charge in [-0.25, -0.2) is 0 Å². The summed E-state index contributed by atoms with van der Waals surface area (Å²) in [5.74, 6) is 0. The van der Waals surface area contributed by atoms with E-state index in [4.69, 9.17) is 0 Å². The molecule has 0 aliphatic carbocycles. The maximum absolute atomic E-state index is 3.98. The van der Waals surface area contributed by atoms with Gasteiger partial charge in [0.05, 0.1) is 0 Å². The van der Waals surface area contributed by atoms with Gasteiger partial charge in [-0.05, 0) is 139 Å². The van der Waals surface area contributed by atoms with Crippen LogP contribution in [-0.2, 0) is 0 Å². The zero-order chi connectivity index (χ0) is 46.6. The van der Waals surface area contributed by atoms with Gasteiger partial charge in [0.2, 0.25) is 0 Å². The van der Waals surface area contributed by atoms with E-state index in [1.807, 2.05) is 81.6 Å². The van der Waals surface area contributed by atoms with Crippen LogP contribution in [0.3, 0.4) is 0 Å². The molecule has 328 valence electrons. The molecule has 0 atom stereocenters. The predicted octanol–water partition coefficient (Wildman–Crippen LogP) is 16.8. The number of pyridine rings is 3. The van der Waals surface area contributed by atoms with Gasteiger partial charge in [0.15, 0.2) is 0 Å². The Morgan fingerprint density at radius 3 is 1.03 bits per heavy atom. The van der Waals surface area contributed by atoms with Crippen LogP contribution < -0.4 is 0 Å². The van der Waals surface area contributed by atoms with Gasteiger partial charge in [0, 0.05) is 36.7 Å². The van der Waals surface area contributed by atoms with E-state index in [9.17, 15) is 0 Å². The molecule has 0 saturated carbocycles. The third-order valence-corrected chi connectivity index (χ3v) is 10.0.